The number of unbranched alkanes of at least 4 members (excludes halogenated alkanes) is 1. The number of piperidine rings is 1. The summed E-state index contributed by atoms with van der Waals surface area (Å²) in [6.45, 7) is 3.17. The van der Waals surface area contributed by atoms with Crippen LogP contribution in [0, 0.1) is 0 Å². The average Bonchev–Trinajstić information content (AvgIpc) is 2.82. The largest absolute Gasteiger partial charge is 0.481 e. The Kier molecular flexibility index (Phi) is 5.39. The van der Waals surface area contributed by atoms with Crippen LogP contribution in [0.25, 0.3) is 0 Å². The molecule has 1 aliphatic heterocycles. The van der Waals surface area contributed by atoms with E-state index in [1.165, 1.54) is 0 Å². The van der Waals surface area contributed by atoms with Crippen molar-refractivity contribution >= 4 is 21.9 Å². The SMILES string of the molecule is O=C(O)CCCCN1CCC(n2cc(Br)cn2)CC1. The van der Waals surface area contributed by atoms with E-state index in [1.807, 2.05) is 17.1 Å². The van der Waals surface area contributed by atoms with Crippen LogP contribution in [-0.2, 0) is 4.79 Å². The molecule has 2 rings (SSSR count). The molecule has 1 N–H and O–H groups in total. The van der Waals surface area contributed by atoms with Crippen molar-refractivity contribution in [2.45, 2.75) is 38.1 Å². The van der Waals surface area contributed by atoms with Crippen LogP contribution in [0.4, 0.5) is 0 Å². The number of carbonyl (C=O) groups is 1. The highest BCUT2D eigenvalue weighted by Gasteiger charge is 2.20. The topological polar surface area (TPSA) is 58.4 Å². The third-order valence-corrected chi connectivity index (χ3v) is 4.03. The normalized spacial score (nSPS) is 17.7. The predicted octanol–water partition coefficient (Wildman–Crippen LogP) is 2.54. The quantitative estimate of drug-likeness (QED) is 0.815. The minimum Gasteiger partial charge on any atom is -0.481 e. The second kappa shape index (κ2) is 7.05. The van der Waals surface area contributed by atoms with Crippen molar-refractivity contribution in [3.63, 3.8) is 0 Å². The van der Waals surface area contributed by atoms with Gasteiger partial charge in [-0.3, -0.25) is 9.48 Å². The molecule has 1 aliphatic rings. The molecule has 2 heterocycles. The summed E-state index contributed by atoms with van der Waals surface area (Å²) in [5.41, 5.74) is 0. The van der Waals surface area contributed by atoms with Gasteiger partial charge in [0.05, 0.1) is 16.7 Å². The van der Waals surface area contributed by atoms with Crippen molar-refractivity contribution in [1.82, 2.24) is 14.7 Å². The van der Waals surface area contributed by atoms with E-state index in [2.05, 4.69) is 25.9 Å². The van der Waals surface area contributed by atoms with Crippen LogP contribution in [0.15, 0.2) is 16.9 Å². The minimum absolute atomic E-state index is 0.289. The average molecular weight is 330 g/mol. The number of rotatable bonds is 6. The molecule has 0 atom stereocenters. The third kappa shape index (κ3) is 4.62. The first-order chi connectivity index (χ1) is 9.15. The fraction of sp³-hybridized carbons (Fsp3) is 0.692. The standard InChI is InChI=1S/C13H20BrN3O2/c14-11-9-15-17(10-11)12-4-7-16(8-5-12)6-2-1-3-13(18)19/h9-10,12H,1-8H2,(H,18,19). The molecule has 1 fully saturated rings. The lowest BCUT2D eigenvalue weighted by Crippen LogP contribution is -2.35. The molecule has 0 aromatic carbocycles. The first-order valence-corrected chi connectivity index (χ1v) is 7.58. The van der Waals surface area contributed by atoms with Crippen LogP contribution < -0.4 is 0 Å². The zero-order valence-corrected chi connectivity index (χ0v) is 12.5. The molecule has 6 heteroatoms. The van der Waals surface area contributed by atoms with E-state index in [1.54, 1.807) is 0 Å². The predicted molar refractivity (Wildman–Crippen MR) is 76.1 cm³/mol. The minimum atomic E-state index is -0.692. The number of likely N-dealkylation sites (tertiary alicyclic amines) is 1. The summed E-state index contributed by atoms with van der Waals surface area (Å²) >= 11 is 3.42. The Morgan fingerprint density at radius 1 is 1.42 bits per heavy atom. The van der Waals surface area contributed by atoms with Gasteiger partial charge >= 0.3 is 5.97 Å². The summed E-state index contributed by atoms with van der Waals surface area (Å²) < 4.78 is 3.08. The number of carboxylic acids is 1. The van der Waals surface area contributed by atoms with Crippen molar-refractivity contribution in [2.24, 2.45) is 0 Å². The molecule has 19 heavy (non-hydrogen) atoms. The zero-order chi connectivity index (χ0) is 13.7. The fourth-order valence-corrected chi connectivity index (χ4v) is 2.84. The summed E-state index contributed by atoms with van der Waals surface area (Å²) in [5, 5.41) is 12.9. The maximum absolute atomic E-state index is 10.4. The Labute approximate surface area is 121 Å². The van der Waals surface area contributed by atoms with Gasteiger partial charge in [0.25, 0.3) is 0 Å². The van der Waals surface area contributed by atoms with Gasteiger partial charge in [0.2, 0.25) is 0 Å². The summed E-state index contributed by atoms with van der Waals surface area (Å²) in [5.74, 6) is -0.692. The monoisotopic (exact) mass is 329 g/mol. The number of halogens is 1. The van der Waals surface area contributed by atoms with Crippen molar-refractivity contribution in [2.75, 3.05) is 19.6 Å². The third-order valence-electron chi connectivity index (χ3n) is 3.62. The first-order valence-electron chi connectivity index (χ1n) is 6.79. The molecule has 1 saturated heterocycles. The summed E-state index contributed by atoms with van der Waals surface area (Å²) in [4.78, 5) is 12.9. The van der Waals surface area contributed by atoms with Crippen molar-refractivity contribution < 1.29 is 9.90 Å². The number of nitrogens with zero attached hydrogens (tertiary/aromatic N) is 3. The number of aliphatic carboxylic acids is 1. The van der Waals surface area contributed by atoms with Crippen LogP contribution in [0.2, 0.25) is 0 Å². The molecule has 0 radical (unpaired) electrons. The van der Waals surface area contributed by atoms with Gasteiger partial charge in [-0.1, -0.05) is 0 Å². The van der Waals surface area contributed by atoms with E-state index >= 15 is 0 Å². The summed E-state index contributed by atoms with van der Waals surface area (Å²) in [6.07, 6.45) is 8.15. The van der Waals surface area contributed by atoms with E-state index in [0.29, 0.717) is 6.04 Å². The Bertz CT molecular complexity index is 414. The second-order valence-corrected chi connectivity index (χ2v) is 5.98. The lowest BCUT2D eigenvalue weighted by Gasteiger charge is -2.31. The van der Waals surface area contributed by atoms with E-state index < -0.39 is 5.97 Å². The number of aromatic nitrogens is 2. The molecule has 1 aromatic rings. The van der Waals surface area contributed by atoms with Crippen LogP contribution in [0.3, 0.4) is 0 Å². The highest BCUT2D eigenvalue weighted by molar-refractivity contribution is 9.10. The molecule has 1 aromatic heterocycles. The maximum atomic E-state index is 10.4. The molecule has 0 aliphatic carbocycles. The van der Waals surface area contributed by atoms with E-state index in [0.717, 1.165) is 49.8 Å². The molecule has 5 nitrogen and oxygen atoms in total. The summed E-state index contributed by atoms with van der Waals surface area (Å²) in [6, 6.07) is 0.501. The van der Waals surface area contributed by atoms with E-state index in [4.69, 9.17) is 5.11 Å². The number of carboxylic acid groups (broad SMARTS) is 1. The molecule has 106 valence electrons. The van der Waals surface area contributed by atoms with Crippen molar-refractivity contribution in [1.29, 1.82) is 0 Å². The fourth-order valence-electron chi connectivity index (χ4n) is 2.53. The molecule has 0 amide bonds. The van der Waals surface area contributed by atoms with Crippen molar-refractivity contribution in [3.05, 3.63) is 16.9 Å². The van der Waals surface area contributed by atoms with E-state index in [-0.39, 0.29) is 6.42 Å². The van der Waals surface area contributed by atoms with Gasteiger partial charge in [-0.05, 0) is 48.2 Å². The molecule has 0 unspecified atom stereocenters. The first kappa shape index (κ1) is 14.5. The van der Waals surface area contributed by atoms with Crippen LogP contribution in [-0.4, -0.2) is 45.4 Å². The highest BCUT2D eigenvalue weighted by Crippen LogP contribution is 2.23. The van der Waals surface area contributed by atoms with Crippen molar-refractivity contribution in [3.8, 4) is 0 Å². The van der Waals surface area contributed by atoms with Gasteiger partial charge < -0.3 is 10.0 Å². The molecular weight excluding hydrogens is 310 g/mol. The van der Waals surface area contributed by atoms with Crippen LogP contribution in [0.5, 0.6) is 0 Å². The molecule has 0 saturated carbocycles. The van der Waals surface area contributed by atoms with Gasteiger partial charge in [0, 0.05) is 25.7 Å². The summed E-state index contributed by atoms with van der Waals surface area (Å²) in [7, 11) is 0. The number of hydrogen-bond acceptors (Lipinski definition) is 3. The Balaban J connectivity index is 1.66. The lowest BCUT2D eigenvalue weighted by atomic mass is 10.0. The van der Waals surface area contributed by atoms with Gasteiger partial charge in [-0.25, -0.2) is 0 Å². The van der Waals surface area contributed by atoms with Crippen LogP contribution in [0.1, 0.15) is 38.1 Å². The van der Waals surface area contributed by atoms with E-state index in [9.17, 15) is 4.79 Å². The molecule has 0 spiro atoms. The molecular formula is C13H20BrN3O2. The highest BCUT2D eigenvalue weighted by atomic mass is 79.9. The zero-order valence-electron chi connectivity index (χ0n) is 11.0. The van der Waals surface area contributed by atoms with Gasteiger partial charge in [-0.2, -0.15) is 5.10 Å². The van der Waals surface area contributed by atoms with Gasteiger partial charge in [0.1, 0.15) is 0 Å². The smallest absolute Gasteiger partial charge is 0.303 e. The maximum Gasteiger partial charge on any atom is 0.303 e. The van der Waals surface area contributed by atoms with Crippen LogP contribution >= 0.6 is 15.9 Å². The Morgan fingerprint density at radius 3 is 2.74 bits per heavy atom. The molecule has 0 bridgehead atoms. The Hall–Kier alpha value is -0.880. The second-order valence-electron chi connectivity index (χ2n) is 5.06. The lowest BCUT2D eigenvalue weighted by molar-refractivity contribution is -0.137. The van der Waals surface area contributed by atoms with Gasteiger partial charge in [-0.15, -0.1) is 0 Å². The number of hydrogen-bond donors (Lipinski definition) is 1. The Morgan fingerprint density at radius 2 is 2.16 bits per heavy atom. The van der Waals surface area contributed by atoms with Gasteiger partial charge in [0.15, 0.2) is 0 Å².